The first-order valence-electron chi connectivity index (χ1n) is 9.01. The molecule has 1 aromatic carbocycles. The monoisotopic (exact) mass is 418 g/mol. The zero-order valence-corrected chi connectivity index (χ0v) is 16.8. The van der Waals surface area contributed by atoms with Crippen molar-refractivity contribution in [2.24, 2.45) is 5.92 Å². The normalized spacial score (nSPS) is 16.1. The molecule has 1 aliphatic heterocycles. The molecule has 2 aliphatic rings. The summed E-state index contributed by atoms with van der Waals surface area (Å²) in [6, 6.07) is 5.20. The van der Waals surface area contributed by atoms with E-state index in [-0.39, 0.29) is 18.4 Å². The fourth-order valence-corrected chi connectivity index (χ4v) is 4.14. The van der Waals surface area contributed by atoms with Crippen LogP contribution in [0.4, 0.5) is 11.4 Å². The van der Waals surface area contributed by atoms with E-state index in [4.69, 9.17) is 11.6 Å². The highest BCUT2D eigenvalue weighted by Crippen LogP contribution is 2.36. The number of amides is 2. The minimum atomic E-state index is -0.420. The minimum Gasteiger partial charge on any atom is -0.324 e. The Morgan fingerprint density at radius 1 is 1.36 bits per heavy atom. The van der Waals surface area contributed by atoms with Crippen LogP contribution in [-0.2, 0) is 16.1 Å². The summed E-state index contributed by atoms with van der Waals surface area (Å²) in [5.74, 6) is 0.302. The fraction of sp³-hybridized carbons (Fsp3) is 0.368. The van der Waals surface area contributed by atoms with Crippen molar-refractivity contribution < 1.29 is 9.59 Å². The molecule has 2 heterocycles. The number of halogens is 1. The van der Waals surface area contributed by atoms with Crippen molar-refractivity contribution in [1.29, 1.82) is 0 Å². The molecule has 2 amide bonds. The lowest BCUT2D eigenvalue weighted by atomic mass is 10.2. The van der Waals surface area contributed by atoms with Gasteiger partial charge in [-0.25, -0.2) is 4.68 Å². The van der Waals surface area contributed by atoms with Crippen molar-refractivity contribution >= 4 is 46.6 Å². The lowest BCUT2D eigenvalue weighted by molar-refractivity contribution is -0.117. The summed E-state index contributed by atoms with van der Waals surface area (Å²) in [5.41, 5.74) is 1.37. The van der Waals surface area contributed by atoms with E-state index in [1.807, 2.05) is 6.92 Å². The van der Waals surface area contributed by atoms with Gasteiger partial charge >= 0.3 is 0 Å². The number of hydrogen-bond acceptors (Lipinski definition) is 5. The Kier molecular flexibility index (Phi) is 5.16. The van der Waals surface area contributed by atoms with E-state index < -0.39 is 5.56 Å². The summed E-state index contributed by atoms with van der Waals surface area (Å²) in [6.07, 6.45) is 3.71. The number of nitrogens with one attached hydrogen (secondary N) is 1. The Hall–Kier alpha value is -2.32. The molecule has 9 heteroatoms. The van der Waals surface area contributed by atoms with Crippen LogP contribution in [0.5, 0.6) is 0 Å². The first kappa shape index (κ1) is 19.0. The number of carbonyl (C=O) groups excluding carboxylic acids is 2. The third kappa shape index (κ3) is 3.93. The van der Waals surface area contributed by atoms with Crippen LogP contribution in [0.25, 0.3) is 0 Å². The molecule has 1 fully saturated rings. The third-order valence-corrected chi connectivity index (χ3v) is 6.05. The second-order valence-electron chi connectivity index (χ2n) is 7.06. The second kappa shape index (κ2) is 7.60. The van der Waals surface area contributed by atoms with Crippen molar-refractivity contribution in [3.05, 3.63) is 45.3 Å². The molecule has 0 saturated heterocycles. The van der Waals surface area contributed by atoms with Crippen LogP contribution in [0.1, 0.15) is 18.4 Å². The first-order valence-corrected chi connectivity index (χ1v) is 10.4. The van der Waals surface area contributed by atoms with E-state index in [0.29, 0.717) is 39.5 Å². The quantitative estimate of drug-likeness (QED) is 0.807. The Morgan fingerprint density at radius 2 is 2.14 bits per heavy atom. The number of thioether (sulfide) groups is 1. The fourth-order valence-electron chi connectivity index (χ4n) is 3.08. The molecule has 7 nitrogen and oxygen atoms in total. The molecule has 1 saturated carbocycles. The van der Waals surface area contributed by atoms with Crippen molar-refractivity contribution in [1.82, 2.24) is 9.78 Å². The number of benzene rings is 1. The molecule has 146 valence electrons. The number of rotatable bonds is 5. The molecule has 0 bridgehead atoms. The summed E-state index contributed by atoms with van der Waals surface area (Å²) < 4.78 is 1.10. The highest BCUT2D eigenvalue weighted by Gasteiger charge is 2.34. The van der Waals surface area contributed by atoms with Gasteiger partial charge in [0.1, 0.15) is 12.2 Å². The largest absolute Gasteiger partial charge is 0.324 e. The maximum Gasteiger partial charge on any atom is 0.292 e. The highest BCUT2D eigenvalue weighted by atomic mass is 35.5. The summed E-state index contributed by atoms with van der Waals surface area (Å²) in [7, 11) is 0. The topological polar surface area (TPSA) is 84.3 Å². The van der Waals surface area contributed by atoms with E-state index in [1.54, 1.807) is 29.3 Å². The van der Waals surface area contributed by atoms with Gasteiger partial charge in [0.05, 0.1) is 16.8 Å². The zero-order chi connectivity index (χ0) is 19.8. The van der Waals surface area contributed by atoms with Gasteiger partial charge in [-0.3, -0.25) is 14.4 Å². The number of fused-ring (bicyclic) bond motifs is 1. The van der Waals surface area contributed by atoms with Crippen LogP contribution >= 0.6 is 23.4 Å². The van der Waals surface area contributed by atoms with Crippen LogP contribution < -0.4 is 15.8 Å². The van der Waals surface area contributed by atoms with E-state index >= 15 is 0 Å². The lowest BCUT2D eigenvalue weighted by Crippen LogP contribution is -2.43. The molecule has 28 heavy (non-hydrogen) atoms. The number of nitrogens with zero attached hydrogens (tertiary/aromatic N) is 3. The standard InChI is InChI=1S/C19H19ClN4O3S/c1-11-2-5-13(20)6-14(11)22-16(25)9-24-19(27)18-15(7-21-24)28-10-17(26)23(18)8-12-3-4-12/h2,5-7,12H,3-4,8-10H2,1H3,(H,22,25). The smallest absolute Gasteiger partial charge is 0.292 e. The molecular formula is C19H19ClN4O3S. The predicted octanol–water partition coefficient (Wildman–Crippen LogP) is 2.69. The Bertz CT molecular complexity index is 1020. The van der Waals surface area contributed by atoms with Gasteiger partial charge in [-0.1, -0.05) is 17.7 Å². The van der Waals surface area contributed by atoms with Gasteiger partial charge in [0.15, 0.2) is 0 Å². The molecule has 1 aliphatic carbocycles. The first-order chi connectivity index (χ1) is 13.4. The van der Waals surface area contributed by atoms with Gasteiger partial charge in [-0.2, -0.15) is 5.10 Å². The van der Waals surface area contributed by atoms with Gasteiger partial charge in [-0.05, 0) is 43.4 Å². The summed E-state index contributed by atoms with van der Waals surface area (Å²) >= 11 is 7.30. The van der Waals surface area contributed by atoms with Crippen LogP contribution in [0.15, 0.2) is 34.1 Å². The van der Waals surface area contributed by atoms with Crippen LogP contribution in [0.3, 0.4) is 0 Å². The summed E-state index contributed by atoms with van der Waals surface area (Å²) in [4.78, 5) is 40.1. The number of hydrogen-bond donors (Lipinski definition) is 1. The zero-order valence-electron chi connectivity index (χ0n) is 15.3. The van der Waals surface area contributed by atoms with Crippen molar-refractivity contribution in [2.75, 3.05) is 22.5 Å². The van der Waals surface area contributed by atoms with E-state index in [0.717, 1.165) is 23.1 Å². The molecule has 2 aromatic rings. The highest BCUT2D eigenvalue weighted by molar-refractivity contribution is 8.00. The summed E-state index contributed by atoms with van der Waals surface area (Å²) in [5, 5.41) is 7.40. The van der Waals surface area contributed by atoms with Crippen molar-refractivity contribution in [2.45, 2.75) is 31.2 Å². The van der Waals surface area contributed by atoms with Gasteiger partial charge in [-0.15, -0.1) is 11.8 Å². The van der Waals surface area contributed by atoms with Crippen LogP contribution in [0.2, 0.25) is 5.02 Å². The van der Waals surface area contributed by atoms with E-state index in [9.17, 15) is 14.4 Å². The van der Waals surface area contributed by atoms with Crippen LogP contribution in [0, 0.1) is 12.8 Å². The minimum absolute atomic E-state index is 0.0711. The van der Waals surface area contributed by atoms with Crippen molar-refractivity contribution in [3.8, 4) is 0 Å². The Balaban J connectivity index is 1.58. The maximum atomic E-state index is 13.0. The number of anilines is 2. The SMILES string of the molecule is Cc1ccc(Cl)cc1NC(=O)Cn1ncc2c(c1=O)N(CC1CC1)C(=O)CS2. The average molecular weight is 419 g/mol. The Morgan fingerprint density at radius 3 is 2.89 bits per heavy atom. The van der Waals surface area contributed by atoms with Gasteiger partial charge in [0.2, 0.25) is 11.8 Å². The van der Waals surface area contributed by atoms with Crippen LogP contribution in [-0.4, -0.2) is 33.9 Å². The second-order valence-corrected chi connectivity index (χ2v) is 8.52. The average Bonchev–Trinajstić information content (AvgIpc) is 3.47. The molecule has 0 unspecified atom stereocenters. The molecule has 0 radical (unpaired) electrons. The predicted molar refractivity (Wildman–Crippen MR) is 109 cm³/mol. The van der Waals surface area contributed by atoms with Gasteiger partial charge in [0, 0.05) is 17.3 Å². The van der Waals surface area contributed by atoms with E-state index in [2.05, 4.69) is 10.4 Å². The number of carbonyl (C=O) groups is 2. The molecule has 1 aromatic heterocycles. The molecule has 1 N–H and O–H groups in total. The van der Waals surface area contributed by atoms with Gasteiger partial charge < -0.3 is 10.2 Å². The molecule has 0 spiro atoms. The molecule has 4 rings (SSSR count). The summed E-state index contributed by atoms with van der Waals surface area (Å²) in [6.45, 7) is 2.17. The van der Waals surface area contributed by atoms with Crippen molar-refractivity contribution in [3.63, 3.8) is 0 Å². The Labute approximate surface area is 171 Å². The number of aryl methyl sites for hydroxylation is 1. The third-order valence-electron chi connectivity index (χ3n) is 4.81. The number of aromatic nitrogens is 2. The maximum absolute atomic E-state index is 13.0. The lowest BCUT2D eigenvalue weighted by Gasteiger charge is -2.28. The van der Waals surface area contributed by atoms with E-state index in [1.165, 1.54) is 11.8 Å². The van der Waals surface area contributed by atoms with Gasteiger partial charge in [0.25, 0.3) is 5.56 Å². The molecular weight excluding hydrogens is 400 g/mol. The molecule has 0 atom stereocenters.